The van der Waals surface area contributed by atoms with E-state index in [1.165, 1.54) is 12.3 Å². The van der Waals surface area contributed by atoms with Crippen molar-refractivity contribution >= 4 is 38.2 Å². The van der Waals surface area contributed by atoms with E-state index in [1.54, 1.807) is 18.5 Å². The number of pyridine rings is 2. The Hall–Kier alpha value is -2.26. The van der Waals surface area contributed by atoms with Gasteiger partial charge in [-0.3, -0.25) is 9.97 Å². The lowest BCUT2D eigenvalue weighted by Gasteiger charge is -2.21. The monoisotopic (exact) mass is 433 g/mol. The molecule has 1 aromatic carbocycles. The third-order valence-electron chi connectivity index (χ3n) is 4.56. The Morgan fingerprint density at radius 2 is 1.93 bits per heavy atom. The molecule has 2 aromatic heterocycles. The molecule has 7 nitrogen and oxygen atoms in total. The highest BCUT2D eigenvalue weighted by Crippen LogP contribution is 2.24. The molecule has 0 saturated carbocycles. The number of benzene rings is 1. The summed E-state index contributed by atoms with van der Waals surface area (Å²) in [6, 6.07) is 10.7. The van der Waals surface area contributed by atoms with E-state index in [0.29, 0.717) is 18.1 Å². The van der Waals surface area contributed by atoms with E-state index in [1.807, 2.05) is 24.3 Å². The summed E-state index contributed by atoms with van der Waals surface area (Å²) in [4.78, 5) is 10.6. The zero-order chi connectivity index (χ0) is 20.7. The minimum atomic E-state index is -3.53. The van der Waals surface area contributed by atoms with E-state index < -0.39 is 10.0 Å². The van der Waals surface area contributed by atoms with Crippen LogP contribution in [-0.4, -0.2) is 56.0 Å². The summed E-state index contributed by atoms with van der Waals surface area (Å²) in [5, 5.41) is 5.11. The first-order chi connectivity index (χ1) is 14.0. The minimum absolute atomic E-state index is 0.175. The molecule has 2 N–H and O–H groups in total. The van der Waals surface area contributed by atoms with Gasteiger partial charge in [0.1, 0.15) is 4.90 Å². The Labute approximate surface area is 176 Å². The van der Waals surface area contributed by atoms with E-state index in [9.17, 15) is 8.42 Å². The summed E-state index contributed by atoms with van der Waals surface area (Å²) in [6.07, 6.45) is 4.65. The quantitative estimate of drug-likeness (QED) is 0.511. The number of likely N-dealkylation sites (N-methyl/N-ethyl adjacent to an activating group) is 1. The number of rotatable bonds is 10. The Kier molecular flexibility index (Phi) is 7.38. The highest BCUT2D eigenvalue weighted by atomic mass is 35.5. The summed E-state index contributed by atoms with van der Waals surface area (Å²) in [7, 11) is -3.53. The summed E-state index contributed by atoms with van der Waals surface area (Å²) in [5.41, 5.74) is 1.85. The van der Waals surface area contributed by atoms with E-state index >= 15 is 0 Å². The molecular formula is C20H24ClN5O2S. The van der Waals surface area contributed by atoms with Crippen molar-refractivity contribution in [1.82, 2.24) is 19.6 Å². The van der Waals surface area contributed by atoms with Crippen LogP contribution >= 0.6 is 11.6 Å². The predicted molar refractivity (Wildman–Crippen MR) is 117 cm³/mol. The van der Waals surface area contributed by atoms with Gasteiger partial charge < -0.3 is 10.2 Å². The van der Waals surface area contributed by atoms with Crippen molar-refractivity contribution in [3.05, 3.63) is 60.0 Å². The van der Waals surface area contributed by atoms with Crippen LogP contribution in [0.15, 0.2) is 59.9 Å². The number of hydrogen-bond donors (Lipinski definition) is 2. The number of aromatic nitrogens is 2. The maximum atomic E-state index is 12.3. The van der Waals surface area contributed by atoms with E-state index in [0.717, 1.165) is 36.2 Å². The van der Waals surface area contributed by atoms with Gasteiger partial charge in [-0.05, 0) is 42.9 Å². The molecule has 3 rings (SSSR count). The molecule has 0 aliphatic heterocycles. The van der Waals surface area contributed by atoms with Crippen LogP contribution in [0.4, 0.5) is 5.69 Å². The first-order valence-corrected chi connectivity index (χ1v) is 11.3. The maximum Gasteiger partial charge on any atom is 0.242 e. The average molecular weight is 434 g/mol. The fourth-order valence-corrected chi connectivity index (χ4v) is 4.13. The number of hydrogen-bond acceptors (Lipinski definition) is 6. The highest BCUT2D eigenvalue weighted by Gasteiger charge is 2.13. The van der Waals surface area contributed by atoms with Crippen molar-refractivity contribution in [2.45, 2.75) is 11.8 Å². The Morgan fingerprint density at radius 1 is 1.10 bits per heavy atom. The SMILES string of the molecule is CCN(CCNc1ccnc2cc(Cl)ccc12)CCNS(=O)(=O)c1cccnc1. The Morgan fingerprint density at radius 3 is 2.69 bits per heavy atom. The summed E-state index contributed by atoms with van der Waals surface area (Å²) in [5.74, 6) is 0. The van der Waals surface area contributed by atoms with Crippen molar-refractivity contribution in [1.29, 1.82) is 0 Å². The molecule has 0 aliphatic carbocycles. The van der Waals surface area contributed by atoms with Gasteiger partial charge >= 0.3 is 0 Å². The summed E-state index contributed by atoms with van der Waals surface area (Å²) >= 11 is 6.04. The van der Waals surface area contributed by atoms with Crippen LogP contribution in [0.25, 0.3) is 10.9 Å². The molecule has 0 aliphatic rings. The van der Waals surface area contributed by atoms with Crippen molar-refractivity contribution in [2.24, 2.45) is 0 Å². The molecule has 0 amide bonds. The third-order valence-corrected chi connectivity index (χ3v) is 6.24. The van der Waals surface area contributed by atoms with Gasteiger partial charge in [-0.25, -0.2) is 13.1 Å². The van der Waals surface area contributed by atoms with Crippen LogP contribution in [0.1, 0.15) is 6.92 Å². The molecule has 0 spiro atoms. The van der Waals surface area contributed by atoms with E-state index in [4.69, 9.17) is 11.6 Å². The van der Waals surface area contributed by atoms with Gasteiger partial charge in [-0.1, -0.05) is 18.5 Å². The van der Waals surface area contributed by atoms with Gasteiger partial charge in [0.25, 0.3) is 0 Å². The molecule has 0 radical (unpaired) electrons. The number of sulfonamides is 1. The van der Waals surface area contributed by atoms with Crippen molar-refractivity contribution in [2.75, 3.05) is 38.0 Å². The van der Waals surface area contributed by atoms with Gasteiger partial charge in [-0.2, -0.15) is 0 Å². The lowest BCUT2D eigenvalue weighted by Crippen LogP contribution is -2.37. The maximum absolute atomic E-state index is 12.3. The lowest BCUT2D eigenvalue weighted by atomic mass is 10.2. The molecule has 0 fully saturated rings. The second-order valence-electron chi connectivity index (χ2n) is 6.47. The first-order valence-electron chi connectivity index (χ1n) is 9.40. The topological polar surface area (TPSA) is 87.2 Å². The molecule has 3 aromatic rings. The predicted octanol–water partition coefficient (Wildman–Crippen LogP) is 3.00. The summed E-state index contributed by atoms with van der Waals surface area (Å²) < 4.78 is 27.1. The molecule has 0 unspecified atom stereocenters. The normalized spacial score (nSPS) is 11.8. The first kappa shape index (κ1) is 21.4. The fourth-order valence-electron chi connectivity index (χ4n) is 2.98. The second-order valence-corrected chi connectivity index (χ2v) is 8.67. The molecule has 0 saturated heterocycles. The zero-order valence-electron chi connectivity index (χ0n) is 16.2. The third kappa shape index (κ3) is 5.86. The van der Waals surface area contributed by atoms with Gasteiger partial charge in [0, 0.05) is 60.9 Å². The van der Waals surface area contributed by atoms with Crippen molar-refractivity contribution in [3.8, 4) is 0 Å². The second kappa shape index (κ2) is 9.98. The smallest absolute Gasteiger partial charge is 0.242 e. The van der Waals surface area contributed by atoms with Crippen molar-refractivity contribution < 1.29 is 8.42 Å². The van der Waals surface area contributed by atoms with Gasteiger partial charge in [0.05, 0.1) is 5.52 Å². The molecule has 154 valence electrons. The number of nitrogens with zero attached hydrogens (tertiary/aromatic N) is 3. The van der Waals surface area contributed by atoms with Gasteiger partial charge in [0.15, 0.2) is 0 Å². The van der Waals surface area contributed by atoms with Crippen LogP contribution in [0.2, 0.25) is 5.02 Å². The van der Waals surface area contributed by atoms with Crippen LogP contribution in [0.5, 0.6) is 0 Å². The Bertz CT molecular complexity index is 1050. The van der Waals surface area contributed by atoms with Crippen molar-refractivity contribution in [3.63, 3.8) is 0 Å². The number of anilines is 1. The standard InChI is InChI=1S/C20H24ClN5O2S/c1-2-26(13-11-25-29(27,28)17-4-3-8-22-15-17)12-10-24-19-7-9-23-20-14-16(21)5-6-18(19)20/h3-9,14-15,25H,2,10-13H2,1H3,(H,23,24). The number of halogens is 1. The summed E-state index contributed by atoms with van der Waals surface area (Å²) in [6.45, 7) is 5.34. The van der Waals surface area contributed by atoms with Crippen LogP contribution in [0.3, 0.4) is 0 Å². The van der Waals surface area contributed by atoms with Gasteiger partial charge in [-0.15, -0.1) is 0 Å². The molecule has 0 bridgehead atoms. The molecule has 2 heterocycles. The number of nitrogens with one attached hydrogen (secondary N) is 2. The van der Waals surface area contributed by atoms with Crippen LogP contribution in [-0.2, 0) is 10.0 Å². The molecule has 29 heavy (non-hydrogen) atoms. The van der Waals surface area contributed by atoms with Gasteiger partial charge in [0.2, 0.25) is 10.0 Å². The van der Waals surface area contributed by atoms with E-state index in [2.05, 4.69) is 31.8 Å². The molecule has 0 atom stereocenters. The average Bonchev–Trinajstić information content (AvgIpc) is 2.73. The number of fused-ring (bicyclic) bond motifs is 1. The molecule has 9 heteroatoms. The highest BCUT2D eigenvalue weighted by molar-refractivity contribution is 7.89. The Balaban J connectivity index is 1.50. The van der Waals surface area contributed by atoms with E-state index in [-0.39, 0.29) is 4.90 Å². The van der Waals surface area contributed by atoms with Crippen LogP contribution < -0.4 is 10.0 Å². The molecular weight excluding hydrogens is 410 g/mol. The lowest BCUT2D eigenvalue weighted by molar-refractivity contribution is 0.304. The fraction of sp³-hybridized carbons (Fsp3) is 0.300. The zero-order valence-corrected chi connectivity index (χ0v) is 17.7. The van der Waals surface area contributed by atoms with Crippen LogP contribution in [0, 0.1) is 0 Å². The minimum Gasteiger partial charge on any atom is -0.383 e. The largest absolute Gasteiger partial charge is 0.383 e.